The average Bonchev–Trinajstić information content (AvgIpc) is 3.16. The van der Waals surface area contributed by atoms with Gasteiger partial charge in [0, 0.05) is 16.4 Å². The summed E-state index contributed by atoms with van der Waals surface area (Å²) in [5.41, 5.74) is 4.71. The standard InChI is InChI=1S/C25H21ClN4O2/c1-15-22(24(31)28-18-10-12-19(32-2)13-11-18)23(16-6-5-7-17(26)14-16)30-21-9-4-3-8-20(21)29-25(30)27-15/h3-14,23H,1-2H3,(H,27,29)(H,28,31)/t23-/m0/s1. The Morgan fingerprint density at radius 1 is 1.09 bits per heavy atom. The smallest absolute Gasteiger partial charge is 0.255 e. The van der Waals surface area contributed by atoms with E-state index < -0.39 is 6.04 Å². The van der Waals surface area contributed by atoms with Gasteiger partial charge in [-0.15, -0.1) is 0 Å². The third-order valence-electron chi connectivity index (χ3n) is 5.59. The van der Waals surface area contributed by atoms with Crippen LogP contribution >= 0.6 is 11.6 Å². The zero-order valence-electron chi connectivity index (χ0n) is 17.6. The normalized spacial score (nSPS) is 15.3. The van der Waals surface area contributed by atoms with Crippen molar-refractivity contribution in [1.82, 2.24) is 9.55 Å². The predicted molar refractivity (Wildman–Crippen MR) is 127 cm³/mol. The number of allylic oxidation sites excluding steroid dienone is 1. The van der Waals surface area contributed by atoms with E-state index in [1.165, 1.54) is 0 Å². The van der Waals surface area contributed by atoms with Crippen molar-refractivity contribution in [2.45, 2.75) is 13.0 Å². The number of fused-ring (bicyclic) bond motifs is 3. The number of hydrogen-bond acceptors (Lipinski definition) is 4. The highest BCUT2D eigenvalue weighted by atomic mass is 35.5. The Bertz CT molecular complexity index is 1360. The van der Waals surface area contributed by atoms with E-state index in [2.05, 4.69) is 15.2 Å². The van der Waals surface area contributed by atoms with Crippen LogP contribution in [0.25, 0.3) is 11.0 Å². The number of aromatic nitrogens is 2. The molecule has 4 aromatic rings. The maximum absolute atomic E-state index is 13.6. The molecule has 2 N–H and O–H groups in total. The zero-order valence-corrected chi connectivity index (χ0v) is 18.4. The molecule has 0 bridgehead atoms. The highest BCUT2D eigenvalue weighted by molar-refractivity contribution is 6.30. The average molecular weight is 445 g/mol. The summed E-state index contributed by atoms with van der Waals surface area (Å²) >= 11 is 6.34. The molecule has 0 spiro atoms. The van der Waals surface area contributed by atoms with Crippen LogP contribution in [0.3, 0.4) is 0 Å². The van der Waals surface area contributed by atoms with Gasteiger partial charge in [0.1, 0.15) is 5.75 Å². The fourth-order valence-electron chi connectivity index (χ4n) is 4.12. The summed E-state index contributed by atoms with van der Waals surface area (Å²) < 4.78 is 7.26. The number of hydrogen-bond donors (Lipinski definition) is 2. The van der Waals surface area contributed by atoms with Gasteiger partial charge < -0.3 is 15.4 Å². The SMILES string of the molecule is COc1ccc(NC(=O)C2=C(C)Nc3nc4ccccc4n3[C@H]2c2cccc(Cl)c2)cc1. The van der Waals surface area contributed by atoms with Crippen LogP contribution in [0.4, 0.5) is 11.6 Å². The number of benzene rings is 3. The Kier molecular flexibility index (Phi) is 5.07. The topological polar surface area (TPSA) is 68.2 Å². The summed E-state index contributed by atoms with van der Waals surface area (Å²) in [7, 11) is 1.61. The van der Waals surface area contributed by atoms with E-state index in [9.17, 15) is 4.79 Å². The summed E-state index contributed by atoms with van der Waals surface area (Å²) in [5, 5.41) is 6.95. The van der Waals surface area contributed by atoms with Gasteiger partial charge in [0.25, 0.3) is 5.91 Å². The van der Waals surface area contributed by atoms with Crippen LogP contribution in [0, 0.1) is 0 Å². The molecule has 0 saturated heterocycles. The van der Waals surface area contributed by atoms with Gasteiger partial charge in [-0.05, 0) is 61.0 Å². The van der Waals surface area contributed by atoms with Gasteiger partial charge in [-0.3, -0.25) is 9.36 Å². The number of carbonyl (C=O) groups excluding carboxylic acids is 1. The molecule has 32 heavy (non-hydrogen) atoms. The molecule has 0 aliphatic carbocycles. The Morgan fingerprint density at radius 2 is 1.88 bits per heavy atom. The van der Waals surface area contributed by atoms with Crippen LogP contribution in [0.15, 0.2) is 84.1 Å². The monoisotopic (exact) mass is 444 g/mol. The van der Waals surface area contributed by atoms with E-state index in [1.54, 1.807) is 7.11 Å². The molecule has 0 unspecified atom stereocenters. The molecular formula is C25H21ClN4O2. The summed E-state index contributed by atoms with van der Waals surface area (Å²) in [4.78, 5) is 18.3. The van der Waals surface area contributed by atoms with E-state index in [4.69, 9.17) is 21.3 Å². The lowest BCUT2D eigenvalue weighted by atomic mass is 9.94. The van der Waals surface area contributed by atoms with Crippen molar-refractivity contribution in [2.24, 2.45) is 0 Å². The number of ether oxygens (including phenoxy) is 1. The first kappa shape index (κ1) is 20.2. The minimum Gasteiger partial charge on any atom is -0.497 e. The number of amides is 1. The van der Waals surface area contributed by atoms with E-state index in [0.29, 0.717) is 22.2 Å². The van der Waals surface area contributed by atoms with Crippen molar-refractivity contribution in [2.75, 3.05) is 17.7 Å². The van der Waals surface area contributed by atoms with Crippen LogP contribution in [-0.4, -0.2) is 22.6 Å². The van der Waals surface area contributed by atoms with E-state index in [0.717, 1.165) is 28.0 Å². The second kappa shape index (κ2) is 8.05. The Balaban J connectivity index is 1.63. The molecule has 1 amide bonds. The fraction of sp³-hybridized carbons (Fsp3) is 0.120. The molecule has 160 valence electrons. The molecule has 1 atom stereocenters. The zero-order chi connectivity index (χ0) is 22.2. The van der Waals surface area contributed by atoms with Crippen LogP contribution in [0.1, 0.15) is 18.5 Å². The van der Waals surface area contributed by atoms with Crippen LogP contribution < -0.4 is 15.4 Å². The van der Waals surface area contributed by atoms with Crippen molar-refractivity contribution < 1.29 is 9.53 Å². The summed E-state index contributed by atoms with van der Waals surface area (Å²) in [6.07, 6.45) is 0. The van der Waals surface area contributed by atoms with Gasteiger partial charge in [0.2, 0.25) is 5.95 Å². The first-order valence-corrected chi connectivity index (χ1v) is 10.6. The summed E-state index contributed by atoms with van der Waals surface area (Å²) in [6.45, 7) is 1.89. The van der Waals surface area contributed by atoms with Gasteiger partial charge in [0.15, 0.2) is 0 Å². The lowest BCUT2D eigenvalue weighted by Gasteiger charge is -2.30. The maximum Gasteiger partial charge on any atom is 0.255 e. The Morgan fingerprint density at radius 3 is 2.62 bits per heavy atom. The minimum absolute atomic E-state index is 0.200. The van der Waals surface area contributed by atoms with Crippen molar-refractivity contribution in [3.05, 3.63) is 94.7 Å². The molecule has 0 radical (unpaired) electrons. The highest BCUT2D eigenvalue weighted by Crippen LogP contribution is 2.40. The fourth-order valence-corrected chi connectivity index (χ4v) is 4.32. The predicted octanol–water partition coefficient (Wildman–Crippen LogP) is 5.63. The number of rotatable bonds is 4. The number of imidazole rings is 1. The third-order valence-corrected chi connectivity index (χ3v) is 5.82. The van der Waals surface area contributed by atoms with E-state index >= 15 is 0 Å². The second-order valence-electron chi connectivity index (χ2n) is 7.60. The Hall–Kier alpha value is -3.77. The van der Waals surface area contributed by atoms with Gasteiger partial charge in [-0.1, -0.05) is 35.9 Å². The number of nitrogens with one attached hydrogen (secondary N) is 2. The summed E-state index contributed by atoms with van der Waals surface area (Å²) in [6, 6.07) is 22.3. The number of nitrogens with zero attached hydrogens (tertiary/aromatic N) is 2. The van der Waals surface area contributed by atoms with Crippen molar-refractivity contribution >= 4 is 40.2 Å². The number of carbonyl (C=O) groups is 1. The second-order valence-corrected chi connectivity index (χ2v) is 8.03. The first-order valence-electron chi connectivity index (χ1n) is 10.2. The Labute approximate surface area is 190 Å². The molecule has 7 heteroatoms. The number of para-hydroxylation sites is 2. The molecule has 1 aromatic heterocycles. The number of methoxy groups -OCH3 is 1. The molecule has 1 aliphatic rings. The molecule has 3 aromatic carbocycles. The first-order chi connectivity index (χ1) is 15.5. The quantitative estimate of drug-likeness (QED) is 0.428. The van der Waals surface area contributed by atoms with Gasteiger partial charge in [0.05, 0.1) is 29.8 Å². The van der Waals surface area contributed by atoms with Crippen molar-refractivity contribution in [3.8, 4) is 5.75 Å². The van der Waals surface area contributed by atoms with Gasteiger partial charge >= 0.3 is 0 Å². The molecule has 1 aliphatic heterocycles. The highest BCUT2D eigenvalue weighted by Gasteiger charge is 2.34. The van der Waals surface area contributed by atoms with E-state index in [1.807, 2.05) is 79.7 Å². The molecule has 5 rings (SSSR count). The van der Waals surface area contributed by atoms with Gasteiger partial charge in [-0.25, -0.2) is 4.98 Å². The van der Waals surface area contributed by atoms with Crippen LogP contribution in [-0.2, 0) is 4.79 Å². The van der Waals surface area contributed by atoms with Crippen molar-refractivity contribution in [3.63, 3.8) is 0 Å². The minimum atomic E-state index is -0.393. The van der Waals surface area contributed by atoms with Crippen LogP contribution in [0.2, 0.25) is 5.02 Å². The van der Waals surface area contributed by atoms with Crippen molar-refractivity contribution in [1.29, 1.82) is 0 Å². The summed E-state index contributed by atoms with van der Waals surface area (Å²) in [5.74, 6) is 1.22. The molecule has 6 nitrogen and oxygen atoms in total. The molecular weight excluding hydrogens is 424 g/mol. The third kappa shape index (κ3) is 3.48. The largest absolute Gasteiger partial charge is 0.497 e. The van der Waals surface area contributed by atoms with Crippen LogP contribution in [0.5, 0.6) is 5.75 Å². The lowest BCUT2D eigenvalue weighted by Crippen LogP contribution is -2.30. The van der Waals surface area contributed by atoms with E-state index in [-0.39, 0.29) is 5.91 Å². The number of halogens is 1. The van der Waals surface area contributed by atoms with Gasteiger partial charge in [-0.2, -0.15) is 0 Å². The maximum atomic E-state index is 13.6. The molecule has 0 saturated carbocycles. The molecule has 0 fully saturated rings. The lowest BCUT2D eigenvalue weighted by molar-refractivity contribution is -0.113. The molecule has 2 heterocycles. The number of anilines is 2.